The molecule has 1 fully saturated rings. The number of ketones is 1. The van der Waals surface area contributed by atoms with Crippen LogP contribution >= 0.6 is 0 Å². The molecule has 2 heterocycles. The fraction of sp³-hybridized carbons (Fsp3) is 0.320. The minimum absolute atomic E-state index is 0.0484. The van der Waals surface area contributed by atoms with Crippen molar-refractivity contribution in [2.24, 2.45) is 0 Å². The summed E-state index contributed by atoms with van der Waals surface area (Å²) in [5.41, 5.74) is -0.677. The predicted molar refractivity (Wildman–Crippen MR) is 123 cm³/mol. The molecule has 6 atom stereocenters. The number of para-hydroxylation sites is 1. The van der Waals surface area contributed by atoms with E-state index in [1.165, 1.54) is 25.1 Å². The van der Waals surface area contributed by atoms with E-state index in [1.54, 1.807) is 30.3 Å². The molecule has 1 aromatic heterocycles. The van der Waals surface area contributed by atoms with Crippen molar-refractivity contribution in [1.82, 2.24) is 0 Å². The average molecular weight is 500 g/mol. The van der Waals surface area contributed by atoms with E-state index in [0.29, 0.717) is 5.56 Å². The molecule has 2 aromatic carbocycles. The zero-order valence-electron chi connectivity index (χ0n) is 19.0. The van der Waals surface area contributed by atoms with Gasteiger partial charge in [0.15, 0.2) is 17.4 Å². The lowest BCUT2D eigenvalue weighted by atomic mass is 9.87. The maximum Gasteiger partial charge on any atom is 0.343 e. The topological polar surface area (TPSA) is 184 Å². The van der Waals surface area contributed by atoms with Crippen LogP contribution in [-0.2, 0) is 14.3 Å². The number of aliphatic hydroxyl groups is 3. The maximum atomic E-state index is 13.1. The number of ether oxygens (including phenoxy) is 2. The monoisotopic (exact) mass is 500 g/mol. The van der Waals surface area contributed by atoms with Crippen LogP contribution in [0, 0.1) is 0 Å². The third kappa shape index (κ3) is 4.69. The van der Waals surface area contributed by atoms with Gasteiger partial charge in [-0.05, 0) is 24.6 Å². The predicted octanol–water partition coefficient (Wildman–Crippen LogP) is 0.881. The van der Waals surface area contributed by atoms with Crippen LogP contribution in [0.2, 0.25) is 0 Å². The van der Waals surface area contributed by atoms with Crippen LogP contribution in [-0.4, -0.2) is 68.0 Å². The Balaban J connectivity index is 1.77. The van der Waals surface area contributed by atoms with Crippen LogP contribution in [0.15, 0.2) is 57.7 Å². The van der Waals surface area contributed by atoms with Gasteiger partial charge in [0.1, 0.15) is 29.8 Å². The molecular weight excluding hydrogens is 476 g/mol. The summed E-state index contributed by atoms with van der Waals surface area (Å²) in [6, 6.07) is 12.9. The normalized spacial score (nSPS) is 24.8. The SMILES string of the molecule is CC(=O)C[C@@H](c1ccccc1)c1c(O)c2cccc(O[C@@H]3O[C@H](C(=O)O)[C@@H](O)[C@H](O)[C@H]3O)c2oc1=O. The van der Waals surface area contributed by atoms with Crippen molar-refractivity contribution < 1.29 is 49.0 Å². The largest absolute Gasteiger partial charge is 0.507 e. The van der Waals surface area contributed by atoms with E-state index >= 15 is 0 Å². The van der Waals surface area contributed by atoms with Crippen molar-refractivity contribution >= 4 is 22.7 Å². The number of Topliss-reactive ketones (excluding diaryl/α,β-unsaturated/α-hetero) is 1. The second-order valence-corrected chi connectivity index (χ2v) is 8.51. The maximum absolute atomic E-state index is 13.1. The smallest absolute Gasteiger partial charge is 0.343 e. The average Bonchev–Trinajstić information content (AvgIpc) is 2.84. The quantitative estimate of drug-likeness (QED) is 0.290. The molecule has 5 N–H and O–H groups in total. The van der Waals surface area contributed by atoms with E-state index in [2.05, 4.69) is 0 Å². The Morgan fingerprint density at radius 2 is 1.69 bits per heavy atom. The Kier molecular flexibility index (Phi) is 7.09. The zero-order chi connectivity index (χ0) is 26.1. The number of rotatable bonds is 7. The molecule has 11 heteroatoms. The Bertz CT molecular complexity index is 1330. The third-order valence-corrected chi connectivity index (χ3v) is 6.00. The Hall–Kier alpha value is -3.77. The number of carbonyl (C=O) groups is 2. The number of hydrogen-bond acceptors (Lipinski definition) is 10. The molecule has 0 bridgehead atoms. The first-order valence-electron chi connectivity index (χ1n) is 11.0. The number of carboxylic acid groups (broad SMARTS) is 1. The van der Waals surface area contributed by atoms with E-state index in [1.807, 2.05) is 0 Å². The lowest BCUT2D eigenvalue weighted by Crippen LogP contribution is -2.61. The summed E-state index contributed by atoms with van der Waals surface area (Å²) < 4.78 is 16.1. The summed E-state index contributed by atoms with van der Waals surface area (Å²) in [5.74, 6) is -3.23. The summed E-state index contributed by atoms with van der Waals surface area (Å²) in [7, 11) is 0. The minimum atomic E-state index is -1.91. The number of hydrogen-bond donors (Lipinski definition) is 5. The lowest BCUT2D eigenvalue weighted by Gasteiger charge is -2.38. The van der Waals surface area contributed by atoms with Crippen LogP contribution in [0.3, 0.4) is 0 Å². The molecule has 1 saturated heterocycles. The number of fused-ring (bicyclic) bond motifs is 1. The molecule has 36 heavy (non-hydrogen) atoms. The van der Waals surface area contributed by atoms with Crippen LogP contribution in [0.4, 0.5) is 0 Å². The summed E-state index contributed by atoms with van der Waals surface area (Å²) in [4.78, 5) is 36.4. The van der Waals surface area contributed by atoms with Gasteiger partial charge in [0.25, 0.3) is 0 Å². The van der Waals surface area contributed by atoms with Crippen molar-refractivity contribution in [1.29, 1.82) is 0 Å². The van der Waals surface area contributed by atoms with Crippen molar-refractivity contribution in [2.45, 2.75) is 50.0 Å². The molecule has 0 radical (unpaired) electrons. The summed E-state index contributed by atoms with van der Waals surface area (Å²) in [6.07, 6.45) is -9.37. The van der Waals surface area contributed by atoms with Gasteiger partial charge >= 0.3 is 11.6 Å². The van der Waals surface area contributed by atoms with Crippen molar-refractivity contribution in [3.8, 4) is 11.5 Å². The molecule has 0 unspecified atom stereocenters. The second kappa shape index (κ2) is 10.1. The van der Waals surface area contributed by atoms with Gasteiger partial charge in [0, 0.05) is 12.3 Å². The fourth-order valence-corrected chi connectivity index (χ4v) is 4.23. The minimum Gasteiger partial charge on any atom is -0.507 e. The summed E-state index contributed by atoms with van der Waals surface area (Å²) in [6.45, 7) is 1.37. The van der Waals surface area contributed by atoms with Gasteiger partial charge in [0.05, 0.1) is 10.9 Å². The Labute approximate surface area is 203 Å². The van der Waals surface area contributed by atoms with Gasteiger partial charge in [-0.1, -0.05) is 36.4 Å². The first-order valence-corrected chi connectivity index (χ1v) is 11.0. The van der Waals surface area contributed by atoms with E-state index in [4.69, 9.17) is 13.9 Å². The number of aliphatic carboxylic acids is 1. The van der Waals surface area contributed by atoms with E-state index in [-0.39, 0.29) is 34.5 Å². The lowest BCUT2D eigenvalue weighted by molar-refractivity contribution is -0.271. The van der Waals surface area contributed by atoms with E-state index < -0.39 is 54.0 Å². The summed E-state index contributed by atoms with van der Waals surface area (Å²) in [5, 5.41) is 50.5. The van der Waals surface area contributed by atoms with Gasteiger partial charge in [-0.25, -0.2) is 9.59 Å². The number of benzene rings is 2. The van der Waals surface area contributed by atoms with Gasteiger partial charge in [-0.15, -0.1) is 0 Å². The van der Waals surface area contributed by atoms with Crippen LogP contribution in [0.25, 0.3) is 11.0 Å². The summed E-state index contributed by atoms with van der Waals surface area (Å²) >= 11 is 0. The molecule has 0 saturated carbocycles. The molecule has 0 aliphatic carbocycles. The first kappa shape index (κ1) is 25.3. The van der Waals surface area contributed by atoms with Crippen molar-refractivity contribution in [3.05, 3.63) is 70.1 Å². The van der Waals surface area contributed by atoms with Gasteiger partial charge in [0.2, 0.25) is 6.29 Å². The molecule has 0 amide bonds. The van der Waals surface area contributed by atoms with Crippen LogP contribution in [0.5, 0.6) is 11.5 Å². The molecule has 3 aromatic rings. The number of aliphatic hydroxyl groups excluding tert-OH is 3. The highest BCUT2D eigenvalue weighted by molar-refractivity contribution is 5.89. The van der Waals surface area contributed by atoms with Crippen molar-refractivity contribution in [3.63, 3.8) is 0 Å². The van der Waals surface area contributed by atoms with E-state index in [0.717, 1.165) is 0 Å². The number of aromatic hydroxyl groups is 1. The van der Waals surface area contributed by atoms with Gasteiger partial charge in [-0.2, -0.15) is 0 Å². The fourth-order valence-electron chi connectivity index (χ4n) is 4.23. The highest BCUT2D eigenvalue weighted by Gasteiger charge is 2.48. The molecule has 11 nitrogen and oxygen atoms in total. The first-order chi connectivity index (χ1) is 17.1. The van der Waals surface area contributed by atoms with Crippen LogP contribution in [0.1, 0.15) is 30.4 Å². The number of carbonyl (C=O) groups excluding carboxylic acids is 1. The van der Waals surface area contributed by atoms with E-state index in [9.17, 15) is 39.9 Å². The van der Waals surface area contributed by atoms with Gasteiger partial charge in [-0.3, -0.25) is 4.79 Å². The highest BCUT2D eigenvalue weighted by Crippen LogP contribution is 2.39. The van der Waals surface area contributed by atoms with Crippen LogP contribution < -0.4 is 10.4 Å². The molecule has 1 aliphatic rings. The van der Waals surface area contributed by atoms with Crippen molar-refractivity contribution in [2.75, 3.05) is 0 Å². The zero-order valence-corrected chi connectivity index (χ0v) is 19.0. The number of carboxylic acids is 1. The standard InChI is InChI=1S/C25H24O11/c1-11(26)10-14(12-6-3-2-4-7-12)16-17(27)13-8-5-9-15(21(13)35-24(16)33)34-25-20(30)18(28)19(29)22(36-25)23(31)32/h2-9,14,18-20,22,25,27-30H,10H2,1H3,(H,31,32)/t14-,18-,19-,20+,22-,25+/m0/s1. The van der Waals surface area contributed by atoms with Gasteiger partial charge < -0.3 is 39.4 Å². The molecular formula is C25H24O11. The Morgan fingerprint density at radius 3 is 2.33 bits per heavy atom. The second-order valence-electron chi connectivity index (χ2n) is 8.51. The molecule has 1 aliphatic heterocycles. The Morgan fingerprint density at radius 1 is 1.00 bits per heavy atom. The molecule has 190 valence electrons. The molecule has 0 spiro atoms. The molecule has 4 rings (SSSR count). The third-order valence-electron chi connectivity index (χ3n) is 6.00. The highest BCUT2D eigenvalue weighted by atomic mass is 16.7.